The van der Waals surface area contributed by atoms with Crippen LogP contribution in [-0.4, -0.2) is 12.8 Å². The van der Waals surface area contributed by atoms with Crippen molar-refractivity contribution in [3.8, 4) is 6.07 Å². The summed E-state index contributed by atoms with van der Waals surface area (Å²) in [7, 11) is 1.60. The maximum atomic E-state index is 9.06. The molecule has 0 aliphatic carbocycles. The number of nitrogens with zero attached hydrogens (tertiary/aromatic N) is 2. The molecule has 0 radical (unpaired) electrons. The van der Waals surface area contributed by atoms with Crippen LogP contribution in [0.3, 0.4) is 0 Å². The summed E-state index contributed by atoms with van der Waals surface area (Å²) in [6, 6.07) is 5.14. The Balaban J connectivity index is 3.51. The van der Waals surface area contributed by atoms with Gasteiger partial charge >= 0.3 is 0 Å². The Hall–Kier alpha value is -1.02. The predicted octanol–water partition coefficient (Wildman–Crippen LogP) is 3.48. The van der Waals surface area contributed by atoms with Gasteiger partial charge in [0.2, 0.25) is 0 Å². The molecule has 1 aromatic rings. The Kier molecular flexibility index (Phi) is 5.01. The third kappa shape index (κ3) is 3.01. The minimum Gasteiger partial charge on any atom is -0.404 e. The molecule has 17 heavy (non-hydrogen) atoms. The molecule has 0 aromatic heterocycles. The molecule has 2 N–H and O–H groups in total. The minimum absolute atomic E-state index is 0.329. The highest BCUT2D eigenvalue weighted by molar-refractivity contribution is 9.12. The average molecular weight is 333 g/mol. The van der Waals surface area contributed by atoms with E-state index in [4.69, 9.17) is 34.2 Å². The van der Waals surface area contributed by atoms with Crippen molar-refractivity contribution in [2.45, 2.75) is 0 Å². The standard InChI is InChI=1S/C11H8BrCl2N3/c1-17-11(8(12)5-16)7-3-10(14)9(13)2-6(7)4-15/h2-3,5H,16H2,1H3/b8-5+,17-11?. The van der Waals surface area contributed by atoms with Crippen molar-refractivity contribution in [3.63, 3.8) is 0 Å². The number of allylic oxidation sites excluding steroid dienone is 1. The zero-order valence-corrected chi connectivity index (χ0v) is 11.9. The molecule has 0 heterocycles. The van der Waals surface area contributed by atoms with Crippen LogP contribution in [0.5, 0.6) is 0 Å². The molecule has 0 atom stereocenters. The van der Waals surface area contributed by atoms with Crippen LogP contribution < -0.4 is 5.73 Å². The van der Waals surface area contributed by atoms with Crippen LogP contribution in [0.1, 0.15) is 11.1 Å². The number of nitrogens with two attached hydrogens (primary N) is 1. The number of rotatable bonds is 2. The van der Waals surface area contributed by atoms with Gasteiger partial charge in [0.05, 0.1) is 31.9 Å². The number of hydrogen-bond donors (Lipinski definition) is 1. The lowest BCUT2D eigenvalue weighted by molar-refractivity contribution is 1.41. The minimum atomic E-state index is 0.329. The third-order valence-electron chi connectivity index (χ3n) is 2.03. The Morgan fingerprint density at radius 1 is 1.47 bits per heavy atom. The van der Waals surface area contributed by atoms with E-state index in [9.17, 15) is 0 Å². The summed E-state index contributed by atoms with van der Waals surface area (Å²) in [5.41, 5.74) is 6.93. The second-order valence-corrected chi connectivity index (χ2v) is 4.68. The fourth-order valence-electron chi connectivity index (χ4n) is 1.27. The zero-order chi connectivity index (χ0) is 13.0. The summed E-state index contributed by atoms with van der Waals surface area (Å²) >= 11 is 15.0. The van der Waals surface area contributed by atoms with Crippen molar-refractivity contribution < 1.29 is 0 Å². The van der Waals surface area contributed by atoms with Gasteiger partial charge in [0.25, 0.3) is 0 Å². The quantitative estimate of drug-likeness (QED) is 0.843. The Bertz CT molecular complexity index is 544. The van der Waals surface area contributed by atoms with Gasteiger partial charge in [-0.25, -0.2) is 0 Å². The molecular weight excluding hydrogens is 325 g/mol. The Morgan fingerprint density at radius 3 is 2.53 bits per heavy atom. The van der Waals surface area contributed by atoms with Crippen molar-refractivity contribution in [2.24, 2.45) is 10.7 Å². The first-order valence-electron chi connectivity index (χ1n) is 4.49. The second-order valence-electron chi connectivity index (χ2n) is 3.01. The lowest BCUT2D eigenvalue weighted by Gasteiger charge is -2.08. The molecule has 0 aliphatic heterocycles. The average Bonchev–Trinajstić information content (AvgIpc) is 2.33. The van der Waals surface area contributed by atoms with E-state index in [1.54, 1.807) is 13.1 Å². The molecule has 0 fully saturated rings. The number of halogens is 3. The van der Waals surface area contributed by atoms with Crippen LogP contribution in [0, 0.1) is 11.3 Å². The highest BCUT2D eigenvalue weighted by Gasteiger charge is 2.14. The van der Waals surface area contributed by atoms with Crippen LogP contribution in [0.25, 0.3) is 0 Å². The number of aliphatic imine (C=N–C) groups is 1. The molecule has 3 nitrogen and oxygen atoms in total. The van der Waals surface area contributed by atoms with Crippen LogP contribution in [0.4, 0.5) is 0 Å². The smallest absolute Gasteiger partial charge is 0.0999 e. The fourth-order valence-corrected chi connectivity index (χ4v) is 1.99. The van der Waals surface area contributed by atoms with Gasteiger partial charge in [-0.2, -0.15) is 5.26 Å². The van der Waals surface area contributed by atoms with Crippen LogP contribution >= 0.6 is 39.1 Å². The molecule has 0 aliphatic rings. The molecule has 0 unspecified atom stereocenters. The van der Waals surface area contributed by atoms with E-state index < -0.39 is 0 Å². The maximum absolute atomic E-state index is 9.06. The Labute approximate surface area is 118 Å². The van der Waals surface area contributed by atoms with Crippen LogP contribution in [0.15, 0.2) is 27.8 Å². The molecule has 88 valence electrons. The zero-order valence-electron chi connectivity index (χ0n) is 8.84. The molecule has 0 saturated carbocycles. The fraction of sp³-hybridized carbons (Fsp3) is 0.0909. The first-order chi connectivity index (χ1) is 8.04. The van der Waals surface area contributed by atoms with Crippen molar-refractivity contribution in [1.82, 2.24) is 0 Å². The molecule has 6 heteroatoms. The normalized spacial score (nSPS) is 12.4. The van der Waals surface area contributed by atoms with Gasteiger partial charge in [0.1, 0.15) is 0 Å². The summed E-state index contributed by atoms with van der Waals surface area (Å²) in [6.45, 7) is 0. The first kappa shape index (κ1) is 14.0. The molecule has 0 spiro atoms. The van der Waals surface area contributed by atoms with E-state index in [0.717, 1.165) is 0 Å². The maximum Gasteiger partial charge on any atom is 0.0999 e. The van der Waals surface area contributed by atoms with E-state index in [1.165, 1.54) is 12.3 Å². The molecular formula is C11H8BrCl2N3. The van der Waals surface area contributed by atoms with Gasteiger partial charge in [-0.05, 0) is 28.1 Å². The lowest BCUT2D eigenvalue weighted by Crippen LogP contribution is -2.05. The van der Waals surface area contributed by atoms with E-state index in [0.29, 0.717) is 31.4 Å². The largest absolute Gasteiger partial charge is 0.404 e. The summed E-state index contributed by atoms with van der Waals surface area (Å²) in [5, 5.41) is 9.75. The predicted molar refractivity (Wildman–Crippen MR) is 74.8 cm³/mol. The van der Waals surface area contributed by atoms with E-state index in [-0.39, 0.29) is 0 Å². The van der Waals surface area contributed by atoms with Crippen LogP contribution in [-0.2, 0) is 0 Å². The third-order valence-corrected chi connectivity index (χ3v) is 3.39. The molecule has 1 aromatic carbocycles. The van der Waals surface area contributed by atoms with Gasteiger partial charge in [0.15, 0.2) is 0 Å². The molecule has 0 bridgehead atoms. The second kappa shape index (κ2) is 6.06. The number of nitriles is 1. The van der Waals surface area contributed by atoms with Gasteiger partial charge in [-0.15, -0.1) is 0 Å². The highest BCUT2D eigenvalue weighted by atomic mass is 79.9. The van der Waals surface area contributed by atoms with Crippen LogP contribution in [0.2, 0.25) is 10.0 Å². The molecule has 1 rings (SSSR count). The number of benzene rings is 1. The van der Waals surface area contributed by atoms with Crippen molar-refractivity contribution in [3.05, 3.63) is 44.0 Å². The van der Waals surface area contributed by atoms with E-state index in [2.05, 4.69) is 20.9 Å². The SMILES string of the molecule is CN=C(/C(Br)=C\N)c1cc(Cl)c(Cl)cc1C#N. The molecule has 0 saturated heterocycles. The monoisotopic (exact) mass is 331 g/mol. The molecule has 0 amide bonds. The lowest BCUT2D eigenvalue weighted by atomic mass is 10.0. The number of hydrogen-bond acceptors (Lipinski definition) is 3. The summed E-state index contributed by atoms with van der Waals surface area (Å²) in [4.78, 5) is 4.08. The van der Waals surface area contributed by atoms with Crippen molar-refractivity contribution in [1.29, 1.82) is 5.26 Å². The first-order valence-corrected chi connectivity index (χ1v) is 6.04. The van der Waals surface area contributed by atoms with E-state index >= 15 is 0 Å². The van der Waals surface area contributed by atoms with Crippen molar-refractivity contribution >= 4 is 44.8 Å². The van der Waals surface area contributed by atoms with E-state index in [1.807, 2.05) is 6.07 Å². The van der Waals surface area contributed by atoms with Crippen molar-refractivity contribution in [2.75, 3.05) is 7.05 Å². The van der Waals surface area contributed by atoms with Gasteiger partial charge < -0.3 is 5.73 Å². The van der Waals surface area contributed by atoms with Gasteiger partial charge in [-0.3, -0.25) is 4.99 Å². The van der Waals surface area contributed by atoms with Gasteiger partial charge in [0, 0.05) is 18.8 Å². The topological polar surface area (TPSA) is 62.2 Å². The highest BCUT2D eigenvalue weighted by Crippen LogP contribution is 2.28. The summed E-state index contributed by atoms with van der Waals surface area (Å²) in [6.07, 6.45) is 1.35. The Morgan fingerprint density at radius 2 is 2.06 bits per heavy atom. The summed E-state index contributed by atoms with van der Waals surface area (Å²) in [5.74, 6) is 0. The summed E-state index contributed by atoms with van der Waals surface area (Å²) < 4.78 is 0.579. The van der Waals surface area contributed by atoms with Gasteiger partial charge in [-0.1, -0.05) is 23.2 Å².